The summed E-state index contributed by atoms with van der Waals surface area (Å²) >= 11 is 0. The fourth-order valence-corrected chi connectivity index (χ4v) is 3.00. The lowest BCUT2D eigenvalue weighted by Crippen LogP contribution is -1.97. The molecule has 3 N–H and O–H groups in total. The predicted octanol–water partition coefficient (Wildman–Crippen LogP) is 5.02. The molecule has 1 aromatic heterocycles. The van der Waals surface area contributed by atoms with E-state index in [1.807, 2.05) is 55.5 Å². The van der Waals surface area contributed by atoms with Crippen molar-refractivity contribution in [3.05, 3.63) is 72.3 Å². The van der Waals surface area contributed by atoms with E-state index in [9.17, 15) is 0 Å². The van der Waals surface area contributed by atoms with Crippen LogP contribution in [0.15, 0.2) is 66.7 Å². The Kier molecular flexibility index (Phi) is 3.12. The molecule has 1 heterocycles. The van der Waals surface area contributed by atoms with Crippen LogP contribution in [0.4, 0.5) is 17.1 Å². The van der Waals surface area contributed by atoms with E-state index in [2.05, 4.69) is 23.5 Å². The van der Waals surface area contributed by atoms with Gasteiger partial charge in [-0.15, -0.1) is 0 Å². The minimum absolute atomic E-state index is 0.759. The molecular weight excluding hydrogens is 282 g/mol. The van der Waals surface area contributed by atoms with Gasteiger partial charge in [0.2, 0.25) is 0 Å². The number of hydrogen-bond donors (Lipinski definition) is 2. The van der Waals surface area contributed by atoms with Crippen LogP contribution in [0.1, 0.15) is 5.56 Å². The number of nitrogen functional groups attached to an aromatic ring is 1. The predicted molar refractivity (Wildman–Crippen MR) is 98.1 cm³/mol. The first kappa shape index (κ1) is 13.6. The minimum atomic E-state index is 0.759. The van der Waals surface area contributed by atoms with E-state index in [4.69, 9.17) is 10.7 Å². The second-order valence-corrected chi connectivity index (χ2v) is 5.78. The van der Waals surface area contributed by atoms with Gasteiger partial charge in [0.05, 0.1) is 16.7 Å². The van der Waals surface area contributed by atoms with Crippen LogP contribution in [0, 0.1) is 6.92 Å². The van der Waals surface area contributed by atoms with E-state index < -0.39 is 0 Å². The lowest BCUT2D eigenvalue weighted by atomic mass is 10.1. The number of rotatable bonds is 2. The summed E-state index contributed by atoms with van der Waals surface area (Å²) in [5.41, 5.74) is 11.9. The molecule has 3 nitrogen and oxygen atoms in total. The first-order valence-corrected chi connectivity index (χ1v) is 7.62. The van der Waals surface area contributed by atoms with E-state index >= 15 is 0 Å². The zero-order valence-electron chi connectivity index (χ0n) is 12.9. The van der Waals surface area contributed by atoms with Crippen molar-refractivity contribution in [1.29, 1.82) is 0 Å². The Balaban J connectivity index is 1.99. The standard InChI is InChI=1S/C20H17N3/c1-13-10-14(21)12-15(11-13)22-20-16-6-2-4-8-18(16)23-19-9-5-3-7-17(19)20/h2-12H,21H2,1H3,(H,22,23). The van der Waals surface area contributed by atoms with Gasteiger partial charge in [0.25, 0.3) is 0 Å². The number of hydrogen-bond acceptors (Lipinski definition) is 3. The highest BCUT2D eigenvalue weighted by Gasteiger charge is 2.09. The van der Waals surface area contributed by atoms with Crippen molar-refractivity contribution in [1.82, 2.24) is 4.98 Å². The summed E-state index contributed by atoms with van der Waals surface area (Å²) in [6.45, 7) is 2.05. The molecule has 0 aliphatic carbocycles. The molecule has 4 aromatic rings. The van der Waals surface area contributed by atoms with Crippen molar-refractivity contribution in [2.24, 2.45) is 0 Å². The molecule has 112 valence electrons. The van der Waals surface area contributed by atoms with Crippen molar-refractivity contribution >= 4 is 38.9 Å². The maximum Gasteiger partial charge on any atom is 0.0730 e. The summed E-state index contributed by atoms with van der Waals surface area (Å²) in [5, 5.41) is 5.76. The average Bonchev–Trinajstić information content (AvgIpc) is 2.54. The molecule has 0 radical (unpaired) electrons. The van der Waals surface area contributed by atoms with E-state index in [1.54, 1.807) is 0 Å². The molecule has 0 aliphatic heterocycles. The van der Waals surface area contributed by atoms with E-state index in [0.717, 1.165) is 44.4 Å². The normalized spacial score (nSPS) is 11.0. The van der Waals surface area contributed by atoms with Crippen molar-refractivity contribution in [3.63, 3.8) is 0 Å². The quantitative estimate of drug-likeness (QED) is 0.403. The first-order chi connectivity index (χ1) is 11.2. The highest BCUT2D eigenvalue weighted by atomic mass is 14.9. The van der Waals surface area contributed by atoms with E-state index in [1.165, 1.54) is 0 Å². The summed E-state index contributed by atoms with van der Waals surface area (Å²) < 4.78 is 0. The molecule has 0 atom stereocenters. The highest BCUT2D eigenvalue weighted by Crippen LogP contribution is 2.33. The van der Waals surface area contributed by atoms with Crippen LogP contribution in [0.3, 0.4) is 0 Å². The van der Waals surface area contributed by atoms with Crippen molar-refractivity contribution in [2.45, 2.75) is 6.92 Å². The van der Waals surface area contributed by atoms with Gasteiger partial charge in [-0.3, -0.25) is 0 Å². The second-order valence-electron chi connectivity index (χ2n) is 5.78. The first-order valence-electron chi connectivity index (χ1n) is 7.62. The van der Waals surface area contributed by atoms with Crippen molar-refractivity contribution in [2.75, 3.05) is 11.1 Å². The van der Waals surface area contributed by atoms with Crippen LogP contribution in [-0.4, -0.2) is 4.98 Å². The molecule has 0 aliphatic rings. The SMILES string of the molecule is Cc1cc(N)cc(Nc2c3ccccc3nc3ccccc23)c1. The number of pyridine rings is 1. The number of nitrogens with zero attached hydrogens (tertiary/aromatic N) is 1. The molecule has 0 unspecified atom stereocenters. The Labute approximate surface area is 134 Å². The largest absolute Gasteiger partial charge is 0.399 e. The van der Waals surface area contributed by atoms with Gasteiger partial charge in [-0.05, 0) is 42.8 Å². The molecule has 0 spiro atoms. The van der Waals surface area contributed by atoms with Gasteiger partial charge in [0.15, 0.2) is 0 Å². The van der Waals surface area contributed by atoms with Crippen molar-refractivity contribution < 1.29 is 0 Å². The summed E-state index contributed by atoms with van der Waals surface area (Å²) in [5.74, 6) is 0. The third kappa shape index (κ3) is 2.46. The summed E-state index contributed by atoms with van der Waals surface area (Å²) in [7, 11) is 0. The minimum Gasteiger partial charge on any atom is -0.399 e. The van der Waals surface area contributed by atoms with Gasteiger partial charge in [0, 0.05) is 22.1 Å². The molecule has 4 rings (SSSR count). The Hall–Kier alpha value is -3.07. The van der Waals surface area contributed by atoms with Gasteiger partial charge in [-0.25, -0.2) is 4.98 Å². The van der Waals surface area contributed by atoms with Gasteiger partial charge in [-0.1, -0.05) is 36.4 Å². The fraction of sp³-hybridized carbons (Fsp3) is 0.0500. The van der Waals surface area contributed by atoms with Gasteiger partial charge < -0.3 is 11.1 Å². The maximum absolute atomic E-state index is 5.99. The van der Waals surface area contributed by atoms with Crippen molar-refractivity contribution in [3.8, 4) is 0 Å². The number of fused-ring (bicyclic) bond motifs is 2. The van der Waals surface area contributed by atoms with E-state index in [-0.39, 0.29) is 0 Å². The number of benzene rings is 3. The molecular formula is C20H17N3. The van der Waals surface area contributed by atoms with Gasteiger partial charge in [-0.2, -0.15) is 0 Å². The van der Waals surface area contributed by atoms with E-state index in [0.29, 0.717) is 0 Å². The van der Waals surface area contributed by atoms with Crippen LogP contribution in [0.25, 0.3) is 21.8 Å². The molecule has 0 bridgehead atoms. The average molecular weight is 299 g/mol. The molecule has 0 amide bonds. The van der Waals surface area contributed by atoms with Crippen LogP contribution < -0.4 is 11.1 Å². The Morgan fingerprint density at radius 3 is 2.04 bits per heavy atom. The highest BCUT2D eigenvalue weighted by molar-refractivity contribution is 6.08. The number of para-hydroxylation sites is 2. The summed E-state index contributed by atoms with van der Waals surface area (Å²) in [4.78, 5) is 4.75. The molecule has 0 saturated heterocycles. The summed E-state index contributed by atoms with van der Waals surface area (Å²) in [6.07, 6.45) is 0. The maximum atomic E-state index is 5.99. The van der Waals surface area contributed by atoms with Crippen LogP contribution >= 0.6 is 0 Å². The smallest absolute Gasteiger partial charge is 0.0730 e. The zero-order valence-corrected chi connectivity index (χ0v) is 12.9. The van der Waals surface area contributed by atoms with Gasteiger partial charge in [0.1, 0.15) is 0 Å². The molecule has 0 saturated carbocycles. The zero-order chi connectivity index (χ0) is 15.8. The lowest BCUT2D eigenvalue weighted by molar-refractivity contribution is 1.45. The number of aromatic nitrogens is 1. The Morgan fingerprint density at radius 1 is 0.826 bits per heavy atom. The fourth-order valence-electron chi connectivity index (χ4n) is 3.00. The number of nitrogens with two attached hydrogens (primary N) is 1. The van der Waals surface area contributed by atoms with Crippen LogP contribution in [0.5, 0.6) is 0 Å². The molecule has 0 fully saturated rings. The monoisotopic (exact) mass is 299 g/mol. The second kappa shape index (κ2) is 5.29. The lowest BCUT2D eigenvalue weighted by Gasteiger charge is -2.14. The molecule has 3 aromatic carbocycles. The third-order valence-corrected chi connectivity index (χ3v) is 3.96. The summed E-state index contributed by atoms with van der Waals surface area (Å²) in [6, 6.07) is 22.4. The molecule has 23 heavy (non-hydrogen) atoms. The number of aryl methyl sites for hydroxylation is 1. The van der Waals surface area contributed by atoms with Crippen LogP contribution in [0.2, 0.25) is 0 Å². The van der Waals surface area contributed by atoms with Gasteiger partial charge >= 0.3 is 0 Å². The third-order valence-electron chi connectivity index (χ3n) is 3.96. The Morgan fingerprint density at radius 2 is 1.43 bits per heavy atom. The number of nitrogens with one attached hydrogen (secondary N) is 1. The Bertz CT molecular complexity index is 947. The topological polar surface area (TPSA) is 50.9 Å². The number of anilines is 3. The van der Waals surface area contributed by atoms with Crippen LogP contribution in [-0.2, 0) is 0 Å². The molecule has 3 heteroatoms.